The van der Waals surface area contributed by atoms with Gasteiger partial charge in [-0.05, 0) is 57.9 Å². The standard InChI is InChI=1S/C17H32N2O2/c1-12(16(2,3)4)19(5)14-7-6-10-17(11-14,15(20)21)18-13-8-9-13/h12-14,18H,6-11H2,1-5H3,(H,20,21). The van der Waals surface area contributed by atoms with Gasteiger partial charge in [0.05, 0.1) is 0 Å². The molecule has 4 heteroatoms. The summed E-state index contributed by atoms with van der Waals surface area (Å²) in [5, 5.41) is 13.2. The Labute approximate surface area is 129 Å². The normalized spacial score (nSPS) is 32.2. The molecule has 3 unspecified atom stereocenters. The van der Waals surface area contributed by atoms with Crippen molar-refractivity contribution in [2.24, 2.45) is 5.41 Å². The second-order valence-corrected chi connectivity index (χ2v) is 8.26. The fourth-order valence-corrected chi connectivity index (χ4v) is 3.53. The Balaban J connectivity index is 2.09. The summed E-state index contributed by atoms with van der Waals surface area (Å²) >= 11 is 0. The van der Waals surface area contributed by atoms with Crippen molar-refractivity contribution < 1.29 is 9.90 Å². The lowest BCUT2D eigenvalue weighted by atomic mass is 9.76. The summed E-state index contributed by atoms with van der Waals surface area (Å²) in [6, 6.07) is 1.23. The van der Waals surface area contributed by atoms with E-state index in [0.29, 0.717) is 18.1 Å². The molecule has 0 aliphatic heterocycles. The Morgan fingerprint density at radius 1 is 1.33 bits per heavy atom. The molecular formula is C17H32N2O2. The molecule has 21 heavy (non-hydrogen) atoms. The number of nitrogens with one attached hydrogen (secondary N) is 1. The van der Waals surface area contributed by atoms with Crippen molar-refractivity contribution in [1.82, 2.24) is 10.2 Å². The SMILES string of the molecule is CC(N(C)C1CCCC(NC2CC2)(C(=O)O)C1)C(C)(C)C. The number of carbonyl (C=O) groups is 1. The summed E-state index contributed by atoms with van der Waals surface area (Å²) in [5.41, 5.74) is -0.488. The van der Waals surface area contributed by atoms with Gasteiger partial charge in [0.2, 0.25) is 0 Å². The largest absolute Gasteiger partial charge is 0.480 e. The predicted octanol–water partition coefficient (Wildman–Crippen LogP) is 2.87. The van der Waals surface area contributed by atoms with E-state index < -0.39 is 11.5 Å². The zero-order valence-corrected chi connectivity index (χ0v) is 14.3. The van der Waals surface area contributed by atoms with Crippen LogP contribution in [-0.4, -0.2) is 46.7 Å². The maximum absolute atomic E-state index is 11.9. The van der Waals surface area contributed by atoms with E-state index in [2.05, 4.69) is 45.0 Å². The van der Waals surface area contributed by atoms with E-state index in [0.717, 1.165) is 38.5 Å². The zero-order valence-electron chi connectivity index (χ0n) is 14.3. The van der Waals surface area contributed by atoms with Crippen molar-refractivity contribution in [3.8, 4) is 0 Å². The van der Waals surface area contributed by atoms with Crippen LogP contribution in [0.25, 0.3) is 0 Å². The second-order valence-electron chi connectivity index (χ2n) is 8.26. The van der Waals surface area contributed by atoms with Gasteiger partial charge in [0.25, 0.3) is 0 Å². The molecule has 122 valence electrons. The third kappa shape index (κ3) is 3.78. The minimum Gasteiger partial charge on any atom is -0.480 e. The monoisotopic (exact) mass is 296 g/mol. The molecule has 0 bridgehead atoms. The van der Waals surface area contributed by atoms with E-state index >= 15 is 0 Å². The van der Waals surface area contributed by atoms with Gasteiger partial charge >= 0.3 is 5.97 Å². The molecule has 0 heterocycles. The molecule has 3 atom stereocenters. The van der Waals surface area contributed by atoms with Crippen LogP contribution in [0.4, 0.5) is 0 Å². The molecule has 2 fully saturated rings. The fourth-order valence-electron chi connectivity index (χ4n) is 3.53. The summed E-state index contributed by atoms with van der Waals surface area (Å²) in [4.78, 5) is 14.3. The average molecular weight is 296 g/mol. The second kappa shape index (κ2) is 5.88. The first-order valence-corrected chi connectivity index (χ1v) is 8.39. The summed E-state index contributed by atoms with van der Waals surface area (Å²) < 4.78 is 0. The maximum atomic E-state index is 11.9. The molecule has 0 saturated heterocycles. The van der Waals surface area contributed by atoms with Crippen LogP contribution in [-0.2, 0) is 4.79 Å². The van der Waals surface area contributed by atoms with Gasteiger partial charge in [0.1, 0.15) is 5.54 Å². The fraction of sp³-hybridized carbons (Fsp3) is 0.941. The van der Waals surface area contributed by atoms with Gasteiger partial charge in [-0.15, -0.1) is 0 Å². The topological polar surface area (TPSA) is 52.6 Å². The van der Waals surface area contributed by atoms with Crippen LogP contribution in [0, 0.1) is 5.41 Å². The Morgan fingerprint density at radius 3 is 2.43 bits per heavy atom. The van der Waals surface area contributed by atoms with E-state index in [-0.39, 0.29) is 5.41 Å². The van der Waals surface area contributed by atoms with E-state index in [9.17, 15) is 9.90 Å². The van der Waals surface area contributed by atoms with Gasteiger partial charge in [0, 0.05) is 18.1 Å². The highest BCUT2D eigenvalue weighted by atomic mass is 16.4. The lowest BCUT2D eigenvalue weighted by Gasteiger charge is -2.46. The Kier molecular flexibility index (Phi) is 4.69. The van der Waals surface area contributed by atoms with Crippen molar-refractivity contribution in [2.75, 3.05) is 7.05 Å². The van der Waals surface area contributed by atoms with Crippen molar-refractivity contribution in [3.63, 3.8) is 0 Å². The summed E-state index contributed by atoms with van der Waals surface area (Å²) in [5.74, 6) is -0.657. The van der Waals surface area contributed by atoms with Gasteiger partial charge in [-0.25, -0.2) is 0 Å². The molecule has 4 nitrogen and oxygen atoms in total. The molecule has 0 aromatic heterocycles. The van der Waals surface area contributed by atoms with Crippen molar-refractivity contribution >= 4 is 5.97 Å². The highest BCUT2D eigenvalue weighted by Crippen LogP contribution is 2.36. The molecule has 2 aliphatic carbocycles. The number of carboxylic acid groups (broad SMARTS) is 1. The number of nitrogens with zero attached hydrogens (tertiary/aromatic N) is 1. The molecule has 0 amide bonds. The third-order valence-electron chi connectivity index (χ3n) is 5.63. The van der Waals surface area contributed by atoms with Crippen LogP contribution in [0.1, 0.15) is 66.2 Å². The van der Waals surface area contributed by atoms with E-state index in [1.807, 2.05) is 0 Å². The predicted molar refractivity (Wildman–Crippen MR) is 85.5 cm³/mol. The minimum atomic E-state index is -0.698. The quantitative estimate of drug-likeness (QED) is 0.819. The molecule has 2 N–H and O–H groups in total. The number of hydrogen-bond donors (Lipinski definition) is 2. The van der Waals surface area contributed by atoms with Crippen LogP contribution in [0.5, 0.6) is 0 Å². The zero-order chi connectivity index (χ0) is 15.8. The molecular weight excluding hydrogens is 264 g/mol. The van der Waals surface area contributed by atoms with E-state index in [1.165, 1.54) is 0 Å². The van der Waals surface area contributed by atoms with E-state index in [1.54, 1.807) is 0 Å². The average Bonchev–Trinajstić information content (AvgIpc) is 3.19. The highest BCUT2D eigenvalue weighted by Gasteiger charge is 2.47. The Bertz CT molecular complexity index is 387. The van der Waals surface area contributed by atoms with Crippen LogP contribution in [0.2, 0.25) is 0 Å². The van der Waals surface area contributed by atoms with Gasteiger partial charge in [-0.2, -0.15) is 0 Å². The van der Waals surface area contributed by atoms with Crippen LogP contribution < -0.4 is 5.32 Å². The maximum Gasteiger partial charge on any atom is 0.323 e. The first kappa shape index (κ1) is 16.8. The Hall–Kier alpha value is -0.610. The molecule has 0 radical (unpaired) electrons. The third-order valence-corrected chi connectivity index (χ3v) is 5.63. The van der Waals surface area contributed by atoms with Crippen molar-refractivity contribution in [2.45, 2.75) is 89.9 Å². The summed E-state index contributed by atoms with van der Waals surface area (Å²) in [6.45, 7) is 9.02. The molecule has 2 aliphatic rings. The minimum absolute atomic E-state index is 0.210. The molecule has 2 rings (SSSR count). The molecule has 2 saturated carbocycles. The number of aliphatic carboxylic acids is 1. The van der Waals surface area contributed by atoms with Gasteiger partial charge in [0.15, 0.2) is 0 Å². The van der Waals surface area contributed by atoms with Gasteiger partial charge in [-0.3, -0.25) is 10.1 Å². The van der Waals surface area contributed by atoms with Crippen molar-refractivity contribution in [1.29, 1.82) is 0 Å². The molecule has 0 aromatic rings. The van der Waals surface area contributed by atoms with Gasteiger partial charge < -0.3 is 10.0 Å². The first-order valence-electron chi connectivity index (χ1n) is 8.39. The van der Waals surface area contributed by atoms with Gasteiger partial charge in [-0.1, -0.05) is 20.8 Å². The molecule has 0 spiro atoms. The lowest BCUT2D eigenvalue weighted by Crippen LogP contribution is -2.60. The highest BCUT2D eigenvalue weighted by molar-refractivity contribution is 5.79. The number of carboxylic acids is 1. The van der Waals surface area contributed by atoms with Crippen LogP contribution in [0.3, 0.4) is 0 Å². The number of hydrogen-bond acceptors (Lipinski definition) is 3. The Morgan fingerprint density at radius 2 is 1.95 bits per heavy atom. The smallest absolute Gasteiger partial charge is 0.323 e. The lowest BCUT2D eigenvalue weighted by molar-refractivity contribution is -0.147. The summed E-state index contributed by atoms with van der Waals surface area (Å²) in [6.07, 6.45) is 5.88. The first-order chi connectivity index (χ1) is 9.66. The summed E-state index contributed by atoms with van der Waals surface area (Å²) in [7, 11) is 2.16. The van der Waals surface area contributed by atoms with E-state index in [4.69, 9.17) is 0 Å². The van der Waals surface area contributed by atoms with Crippen LogP contribution >= 0.6 is 0 Å². The van der Waals surface area contributed by atoms with Crippen molar-refractivity contribution in [3.05, 3.63) is 0 Å². The molecule has 0 aromatic carbocycles. The number of rotatable bonds is 5. The van der Waals surface area contributed by atoms with Crippen LogP contribution in [0.15, 0.2) is 0 Å².